The molecule has 0 fully saturated rings. The number of aliphatic carboxylic acids is 2. The van der Waals surface area contributed by atoms with Gasteiger partial charge in [0, 0.05) is 5.57 Å². The summed E-state index contributed by atoms with van der Waals surface area (Å²) in [5.74, 6) is -3.53. The van der Waals surface area contributed by atoms with Gasteiger partial charge in [0.1, 0.15) is 0 Å². The van der Waals surface area contributed by atoms with Gasteiger partial charge in [0.2, 0.25) is 0 Å². The Bertz CT molecular complexity index is 1120. The van der Waals surface area contributed by atoms with Gasteiger partial charge < -0.3 is 19.8 Å². The first kappa shape index (κ1) is 14.2. The summed E-state index contributed by atoms with van der Waals surface area (Å²) < 4.78 is 0. The molecular formula is C20H10O4-2. The molecule has 0 amide bonds. The SMILES string of the molecule is O=C([O-])C(=Cc1ccc2ccc3cccc4ccc1c2c34)C(=O)[O-]. The fourth-order valence-corrected chi connectivity index (χ4v) is 3.24. The molecule has 0 aliphatic rings. The summed E-state index contributed by atoms with van der Waals surface area (Å²) in [6.45, 7) is 0. The summed E-state index contributed by atoms with van der Waals surface area (Å²) in [6.07, 6.45) is 1.09. The van der Waals surface area contributed by atoms with Crippen molar-refractivity contribution in [3.8, 4) is 0 Å². The van der Waals surface area contributed by atoms with Crippen LogP contribution in [0.15, 0.2) is 60.2 Å². The van der Waals surface area contributed by atoms with Crippen molar-refractivity contribution in [2.75, 3.05) is 0 Å². The van der Waals surface area contributed by atoms with Crippen LogP contribution >= 0.6 is 0 Å². The van der Waals surface area contributed by atoms with Crippen LogP contribution in [0.2, 0.25) is 0 Å². The highest BCUT2D eigenvalue weighted by atomic mass is 16.4. The second kappa shape index (κ2) is 5.06. The number of hydrogen-bond acceptors (Lipinski definition) is 4. The van der Waals surface area contributed by atoms with Crippen LogP contribution in [0.1, 0.15) is 5.56 Å². The zero-order valence-electron chi connectivity index (χ0n) is 12.4. The van der Waals surface area contributed by atoms with Crippen molar-refractivity contribution in [2.45, 2.75) is 0 Å². The molecule has 0 aliphatic heterocycles. The van der Waals surface area contributed by atoms with Crippen LogP contribution < -0.4 is 10.2 Å². The normalized spacial score (nSPS) is 11.2. The van der Waals surface area contributed by atoms with Crippen molar-refractivity contribution >= 4 is 50.3 Å². The monoisotopic (exact) mass is 314 g/mol. The number of carbonyl (C=O) groups excluding carboxylic acids is 2. The smallest absolute Gasteiger partial charge is 0.0733 e. The Hall–Kier alpha value is -3.40. The van der Waals surface area contributed by atoms with Crippen LogP contribution in [0.3, 0.4) is 0 Å². The van der Waals surface area contributed by atoms with Gasteiger partial charge in [-0.2, -0.15) is 0 Å². The van der Waals surface area contributed by atoms with Gasteiger partial charge in [-0.1, -0.05) is 54.6 Å². The molecule has 116 valence electrons. The molecule has 4 rings (SSSR count). The Labute approximate surface area is 136 Å². The molecule has 0 saturated carbocycles. The highest BCUT2D eigenvalue weighted by Gasteiger charge is 2.10. The lowest BCUT2D eigenvalue weighted by molar-refractivity contribution is -0.311. The lowest BCUT2D eigenvalue weighted by Crippen LogP contribution is -2.36. The molecule has 4 aromatic carbocycles. The number of benzene rings is 4. The Kier molecular flexibility index (Phi) is 3.00. The average Bonchev–Trinajstić information content (AvgIpc) is 2.57. The third-order valence-electron chi connectivity index (χ3n) is 4.30. The first-order valence-electron chi connectivity index (χ1n) is 7.37. The van der Waals surface area contributed by atoms with E-state index in [1.807, 2.05) is 48.5 Å². The largest absolute Gasteiger partial charge is 0.545 e. The maximum Gasteiger partial charge on any atom is 0.0733 e. The molecule has 4 heteroatoms. The molecule has 24 heavy (non-hydrogen) atoms. The van der Waals surface area contributed by atoms with Gasteiger partial charge in [0.15, 0.2) is 0 Å². The molecule has 4 nitrogen and oxygen atoms in total. The number of carboxylic acids is 2. The van der Waals surface area contributed by atoms with E-state index in [2.05, 4.69) is 0 Å². The molecule has 0 bridgehead atoms. The summed E-state index contributed by atoms with van der Waals surface area (Å²) >= 11 is 0. The quantitative estimate of drug-likeness (QED) is 0.248. The van der Waals surface area contributed by atoms with Crippen LogP contribution in [0, 0.1) is 0 Å². The lowest BCUT2D eigenvalue weighted by atomic mass is 9.91. The van der Waals surface area contributed by atoms with Gasteiger partial charge in [0.05, 0.1) is 11.9 Å². The summed E-state index contributed by atoms with van der Waals surface area (Å²) in [5, 5.41) is 28.0. The Morgan fingerprint density at radius 3 is 1.88 bits per heavy atom. The second-order valence-corrected chi connectivity index (χ2v) is 5.64. The zero-order chi connectivity index (χ0) is 16.8. The Morgan fingerprint density at radius 1 is 0.708 bits per heavy atom. The number of carbonyl (C=O) groups is 2. The fourth-order valence-electron chi connectivity index (χ4n) is 3.24. The summed E-state index contributed by atoms with van der Waals surface area (Å²) in [6, 6.07) is 17.4. The predicted octanol–water partition coefficient (Wildman–Crippen LogP) is 1.47. The first-order chi connectivity index (χ1) is 11.6. The van der Waals surface area contributed by atoms with Gasteiger partial charge in [-0.05, 0) is 44.0 Å². The highest BCUT2D eigenvalue weighted by molar-refractivity contribution is 6.25. The number of carboxylic acid groups (broad SMARTS) is 2. The van der Waals surface area contributed by atoms with E-state index in [0.29, 0.717) is 5.56 Å². The topological polar surface area (TPSA) is 80.3 Å². The molecule has 0 heterocycles. The molecule has 0 saturated heterocycles. The van der Waals surface area contributed by atoms with E-state index in [1.165, 1.54) is 0 Å². The van der Waals surface area contributed by atoms with Gasteiger partial charge in [-0.25, -0.2) is 0 Å². The van der Waals surface area contributed by atoms with Crippen molar-refractivity contribution < 1.29 is 19.8 Å². The second-order valence-electron chi connectivity index (χ2n) is 5.64. The maximum atomic E-state index is 11.0. The fraction of sp³-hybridized carbons (Fsp3) is 0. The Balaban J connectivity index is 2.13. The molecule has 0 spiro atoms. The zero-order valence-corrected chi connectivity index (χ0v) is 12.4. The molecule has 4 aromatic rings. The van der Waals surface area contributed by atoms with E-state index in [1.54, 1.807) is 6.07 Å². The predicted molar refractivity (Wildman–Crippen MR) is 88.1 cm³/mol. The van der Waals surface area contributed by atoms with Crippen molar-refractivity contribution in [1.29, 1.82) is 0 Å². The average molecular weight is 314 g/mol. The van der Waals surface area contributed by atoms with Crippen molar-refractivity contribution in [3.63, 3.8) is 0 Å². The molecular weight excluding hydrogens is 304 g/mol. The van der Waals surface area contributed by atoms with Crippen LogP contribution in [0.5, 0.6) is 0 Å². The van der Waals surface area contributed by atoms with Crippen molar-refractivity contribution in [2.24, 2.45) is 0 Å². The van der Waals surface area contributed by atoms with E-state index in [0.717, 1.165) is 38.4 Å². The van der Waals surface area contributed by atoms with E-state index >= 15 is 0 Å². The minimum atomic E-state index is -1.76. The van der Waals surface area contributed by atoms with E-state index in [9.17, 15) is 19.8 Å². The minimum Gasteiger partial charge on any atom is -0.545 e. The van der Waals surface area contributed by atoms with E-state index in [4.69, 9.17) is 0 Å². The van der Waals surface area contributed by atoms with E-state index in [-0.39, 0.29) is 0 Å². The molecule has 0 aliphatic carbocycles. The van der Waals surface area contributed by atoms with Gasteiger partial charge in [-0.3, -0.25) is 0 Å². The number of hydrogen-bond donors (Lipinski definition) is 0. The molecule has 0 aromatic heterocycles. The molecule has 0 radical (unpaired) electrons. The van der Waals surface area contributed by atoms with E-state index < -0.39 is 17.5 Å². The Morgan fingerprint density at radius 2 is 1.25 bits per heavy atom. The lowest BCUT2D eigenvalue weighted by Gasteiger charge is -2.14. The van der Waals surface area contributed by atoms with Crippen LogP contribution in [-0.2, 0) is 9.59 Å². The first-order valence-corrected chi connectivity index (χ1v) is 7.37. The third kappa shape index (κ3) is 2.01. The van der Waals surface area contributed by atoms with Gasteiger partial charge >= 0.3 is 0 Å². The molecule has 0 atom stereocenters. The highest BCUT2D eigenvalue weighted by Crippen LogP contribution is 2.36. The van der Waals surface area contributed by atoms with Crippen molar-refractivity contribution in [1.82, 2.24) is 0 Å². The van der Waals surface area contributed by atoms with Gasteiger partial charge in [-0.15, -0.1) is 0 Å². The summed E-state index contributed by atoms with van der Waals surface area (Å²) in [4.78, 5) is 22.0. The minimum absolute atomic E-state index is 0.504. The standard InChI is InChI=1S/C20H12O4/c21-19(22)16(20(23)24)10-14-7-6-13-5-4-11-2-1-3-12-8-9-15(14)18(13)17(11)12/h1-10H,(H,21,22)(H,23,24)/p-2. The molecule has 0 unspecified atom stereocenters. The third-order valence-corrected chi connectivity index (χ3v) is 4.30. The van der Waals surface area contributed by atoms with Crippen LogP contribution in [-0.4, -0.2) is 11.9 Å². The van der Waals surface area contributed by atoms with Crippen molar-refractivity contribution in [3.05, 3.63) is 65.7 Å². The van der Waals surface area contributed by atoms with Gasteiger partial charge in [0.25, 0.3) is 0 Å². The molecule has 0 N–H and O–H groups in total. The summed E-state index contributed by atoms with van der Waals surface area (Å²) in [7, 11) is 0. The summed E-state index contributed by atoms with van der Waals surface area (Å²) in [5.41, 5.74) is -0.366. The van der Waals surface area contributed by atoms with Crippen LogP contribution in [0.25, 0.3) is 38.4 Å². The van der Waals surface area contributed by atoms with Crippen LogP contribution in [0.4, 0.5) is 0 Å². The maximum absolute atomic E-state index is 11.0. The number of rotatable bonds is 3.